The van der Waals surface area contributed by atoms with E-state index in [1.165, 1.54) is 0 Å². The Hall–Kier alpha value is -1.89. The lowest BCUT2D eigenvalue weighted by atomic mass is 10.2. The van der Waals surface area contributed by atoms with Crippen molar-refractivity contribution in [3.63, 3.8) is 0 Å². The third-order valence-electron chi connectivity index (χ3n) is 3.38. The summed E-state index contributed by atoms with van der Waals surface area (Å²) in [6.07, 6.45) is 1.94. The van der Waals surface area contributed by atoms with E-state index in [2.05, 4.69) is 5.32 Å². The van der Waals surface area contributed by atoms with E-state index in [9.17, 15) is 4.79 Å². The van der Waals surface area contributed by atoms with Crippen molar-refractivity contribution in [2.75, 3.05) is 39.0 Å². The molecule has 1 N–H and O–H groups in total. The largest absolute Gasteiger partial charge is 0.493 e. The van der Waals surface area contributed by atoms with Crippen molar-refractivity contribution in [2.45, 2.75) is 4.90 Å². The van der Waals surface area contributed by atoms with Gasteiger partial charge in [-0.3, -0.25) is 4.79 Å². The summed E-state index contributed by atoms with van der Waals surface area (Å²) in [7, 11) is 3.16. The minimum Gasteiger partial charge on any atom is -0.493 e. The zero-order chi connectivity index (χ0) is 18.2. The van der Waals surface area contributed by atoms with Gasteiger partial charge in [0.05, 0.1) is 24.3 Å². The maximum atomic E-state index is 12.5. The molecule has 0 heterocycles. The summed E-state index contributed by atoms with van der Waals surface area (Å²) >= 11 is 7.70. The van der Waals surface area contributed by atoms with Crippen LogP contribution in [0.3, 0.4) is 0 Å². The van der Waals surface area contributed by atoms with E-state index in [1.807, 2.05) is 12.3 Å². The van der Waals surface area contributed by atoms with E-state index in [1.54, 1.807) is 56.3 Å². The number of carbonyl (C=O) groups excluding carboxylic acids is 1. The predicted molar refractivity (Wildman–Crippen MR) is 102 cm³/mol. The molecular formula is C18H20ClNO4S. The Morgan fingerprint density at radius 3 is 2.60 bits per heavy atom. The molecule has 1 amide bonds. The molecule has 2 aromatic carbocycles. The van der Waals surface area contributed by atoms with Crippen molar-refractivity contribution in [1.29, 1.82) is 0 Å². The minimum atomic E-state index is -0.283. The second-order valence-corrected chi connectivity index (χ2v) is 6.29. The number of thioether (sulfide) groups is 1. The predicted octanol–water partition coefficient (Wildman–Crippen LogP) is 4.35. The average Bonchev–Trinajstić information content (AvgIpc) is 2.62. The lowest BCUT2D eigenvalue weighted by Gasteiger charge is -2.13. The minimum absolute atomic E-state index is 0.283. The molecule has 0 aliphatic carbocycles. The maximum absolute atomic E-state index is 12.5. The van der Waals surface area contributed by atoms with Crippen LogP contribution in [0.2, 0.25) is 5.02 Å². The van der Waals surface area contributed by atoms with Crippen molar-refractivity contribution in [3.05, 3.63) is 47.0 Å². The Balaban J connectivity index is 2.19. The Kier molecular flexibility index (Phi) is 7.43. The number of amides is 1. The number of ether oxygens (including phenoxy) is 3. The molecule has 0 saturated heterocycles. The highest BCUT2D eigenvalue weighted by molar-refractivity contribution is 7.98. The van der Waals surface area contributed by atoms with Crippen molar-refractivity contribution < 1.29 is 19.0 Å². The summed E-state index contributed by atoms with van der Waals surface area (Å²) in [5.74, 6) is 0.826. The van der Waals surface area contributed by atoms with Gasteiger partial charge in [-0.15, -0.1) is 11.8 Å². The first-order chi connectivity index (χ1) is 12.1. The molecule has 0 radical (unpaired) electrons. The van der Waals surface area contributed by atoms with E-state index in [0.29, 0.717) is 41.0 Å². The van der Waals surface area contributed by atoms with E-state index < -0.39 is 0 Å². The quantitative estimate of drug-likeness (QED) is 0.544. The Labute approximate surface area is 156 Å². The molecule has 0 aliphatic heterocycles. The number of hydrogen-bond donors (Lipinski definition) is 1. The summed E-state index contributed by atoms with van der Waals surface area (Å²) in [5.41, 5.74) is 1.01. The second kappa shape index (κ2) is 9.56. The highest BCUT2D eigenvalue weighted by Crippen LogP contribution is 2.31. The number of hydrogen-bond acceptors (Lipinski definition) is 5. The van der Waals surface area contributed by atoms with Gasteiger partial charge in [-0.25, -0.2) is 0 Å². The lowest BCUT2D eigenvalue weighted by molar-refractivity contribution is 0.102. The van der Waals surface area contributed by atoms with E-state index in [0.717, 1.165) is 4.90 Å². The van der Waals surface area contributed by atoms with Crippen LogP contribution in [0.1, 0.15) is 10.4 Å². The number of benzene rings is 2. The molecular weight excluding hydrogens is 362 g/mol. The molecule has 0 saturated carbocycles. The smallest absolute Gasteiger partial charge is 0.257 e. The first-order valence-corrected chi connectivity index (χ1v) is 9.14. The number of carbonyl (C=O) groups is 1. The molecule has 25 heavy (non-hydrogen) atoms. The van der Waals surface area contributed by atoms with Gasteiger partial charge in [-0.1, -0.05) is 11.6 Å². The van der Waals surface area contributed by atoms with Gasteiger partial charge in [-0.2, -0.15) is 0 Å². The molecule has 0 bridgehead atoms. The summed E-state index contributed by atoms with van der Waals surface area (Å²) in [5, 5.41) is 3.24. The standard InChI is InChI=1S/C18H20ClNO4S/c1-22-8-9-24-17-10-12(4-7-16(17)23-2)20-18(21)14-11-13(25-3)5-6-15(14)19/h4-7,10-11H,8-9H2,1-3H3,(H,20,21). The summed E-state index contributed by atoms with van der Waals surface area (Å²) < 4.78 is 15.9. The van der Waals surface area contributed by atoms with E-state index >= 15 is 0 Å². The van der Waals surface area contributed by atoms with Crippen molar-refractivity contribution in [1.82, 2.24) is 0 Å². The average molecular weight is 382 g/mol. The molecule has 7 heteroatoms. The zero-order valence-electron chi connectivity index (χ0n) is 14.3. The number of halogens is 1. The normalized spacial score (nSPS) is 10.4. The monoisotopic (exact) mass is 381 g/mol. The van der Waals surface area contributed by atoms with Crippen LogP contribution in [-0.2, 0) is 4.74 Å². The van der Waals surface area contributed by atoms with Gasteiger partial charge in [0.25, 0.3) is 5.91 Å². The highest BCUT2D eigenvalue weighted by atomic mass is 35.5. The molecule has 0 fully saturated rings. The summed E-state index contributed by atoms with van der Waals surface area (Å²) in [4.78, 5) is 13.5. The molecule has 0 aliphatic rings. The molecule has 0 atom stereocenters. The summed E-state index contributed by atoms with van der Waals surface area (Å²) in [6, 6.07) is 10.5. The van der Waals surface area contributed by atoms with Crippen LogP contribution in [0.25, 0.3) is 0 Å². The molecule has 0 aromatic heterocycles. The topological polar surface area (TPSA) is 56.8 Å². The Morgan fingerprint density at radius 2 is 1.92 bits per heavy atom. The fourth-order valence-corrected chi connectivity index (χ4v) is 2.75. The van der Waals surface area contributed by atoms with Gasteiger partial charge in [-0.05, 0) is 36.6 Å². The first kappa shape index (κ1) is 19.4. The molecule has 134 valence electrons. The fourth-order valence-electron chi connectivity index (χ4n) is 2.11. The fraction of sp³-hybridized carbons (Fsp3) is 0.278. The number of methoxy groups -OCH3 is 2. The maximum Gasteiger partial charge on any atom is 0.257 e. The molecule has 0 unspecified atom stereocenters. The zero-order valence-corrected chi connectivity index (χ0v) is 15.9. The van der Waals surface area contributed by atoms with Gasteiger partial charge in [0.1, 0.15) is 6.61 Å². The van der Waals surface area contributed by atoms with Crippen LogP contribution in [0, 0.1) is 0 Å². The van der Waals surface area contributed by atoms with Crippen molar-refractivity contribution >= 4 is 35.0 Å². The van der Waals surface area contributed by atoms with E-state index in [4.69, 9.17) is 25.8 Å². The van der Waals surface area contributed by atoms with Crippen LogP contribution in [-0.4, -0.2) is 39.6 Å². The third kappa shape index (κ3) is 5.29. The molecule has 2 aromatic rings. The molecule has 0 spiro atoms. The van der Waals surface area contributed by atoms with Gasteiger partial charge in [0.15, 0.2) is 11.5 Å². The van der Waals surface area contributed by atoms with Crippen LogP contribution >= 0.6 is 23.4 Å². The van der Waals surface area contributed by atoms with Gasteiger partial charge in [0.2, 0.25) is 0 Å². The van der Waals surface area contributed by atoms with Gasteiger partial charge in [0, 0.05) is 23.8 Å². The first-order valence-electron chi connectivity index (χ1n) is 7.53. The van der Waals surface area contributed by atoms with Crippen LogP contribution < -0.4 is 14.8 Å². The van der Waals surface area contributed by atoms with E-state index in [-0.39, 0.29) is 5.91 Å². The van der Waals surface area contributed by atoms with Crippen LogP contribution in [0.4, 0.5) is 5.69 Å². The summed E-state index contributed by atoms with van der Waals surface area (Å²) in [6.45, 7) is 0.836. The number of rotatable bonds is 8. The molecule has 5 nitrogen and oxygen atoms in total. The lowest BCUT2D eigenvalue weighted by Crippen LogP contribution is -2.13. The number of nitrogens with one attached hydrogen (secondary N) is 1. The van der Waals surface area contributed by atoms with Crippen molar-refractivity contribution in [3.8, 4) is 11.5 Å². The van der Waals surface area contributed by atoms with Crippen LogP contribution in [0.5, 0.6) is 11.5 Å². The third-order valence-corrected chi connectivity index (χ3v) is 4.44. The molecule has 2 rings (SSSR count). The Bertz CT molecular complexity index is 739. The Morgan fingerprint density at radius 1 is 1.12 bits per heavy atom. The highest BCUT2D eigenvalue weighted by Gasteiger charge is 2.13. The van der Waals surface area contributed by atoms with Gasteiger partial charge >= 0.3 is 0 Å². The second-order valence-electron chi connectivity index (χ2n) is 5.01. The van der Waals surface area contributed by atoms with Gasteiger partial charge < -0.3 is 19.5 Å². The number of anilines is 1. The SMILES string of the molecule is COCCOc1cc(NC(=O)c2cc(SC)ccc2Cl)ccc1OC. The van der Waals surface area contributed by atoms with Crippen LogP contribution in [0.15, 0.2) is 41.3 Å². The van der Waals surface area contributed by atoms with Crippen molar-refractivity contribution in [2.24, 2.45) is 0 Å².